The number of nitrogens with zero attached hydrogens (tertiary/aromatic N) is 3. The van der Waals surface area contributed by atoms with Gasteiger partial charge in [0.05, 0.1) is 17.9 Å². The monoisotopic (exact) mass is 550 g/mol. The van der Waals surface area contributed by atoms with Crippen molar-refractivity contribution >= 4 is 47.1 Å². The minimum atomic E-state index is 0. The SMILES string of the molecule is CCNCc1c(OCC2CC2)ccc2c(CCC3CCN(Cc4ccc(C#N)s4)CC3)noc12.Cl.Cl. The van der Waals surface area contributed by atoms with Crippen LogP contribution in [-0.2, 0) is 19.5 Å². The number of nitriles is 1. The largest absolute Gasteiger partial charge is 0.493 e. The fourth-order valence-corrected chi connectivity index (χ4v) is 5.68. The highest BCUT2D eigenvalue weighted by molar-refractivity contribution is 7.12. The molecular weight excluding hydrogens is 515 g/mol. The first kappa shape index (κ1) is 28.7. The summed E-state index contributed by atoms with van der Waals surface area (Å²) in [6.07, 6.45) is 7.11. The summed E-state index contributed by atoms with van der Waals surface area (Å²) in [5.41, 5.74) is 3.05. The van der Waals surface area contributed by atoms with Crippen LogP contribution in [0.3, 0.4) is 0 Å². The molecule has 1 saturated heterocycles. The van der Waals surface area contributed by atoms with Crippen molar-refractivity contribution in [2.24, 2.45) is 11.8 Å². The van der Waals surface area contributed by atoms with Gasteiger partial charge in [0, 0.05) is 23.4 Å². The highest BCUT2D eigenvalue weighted by atomic mass is 35.5. The summed E-state index contributed by atoms with van der Waals surface area (Å²) in [6, 6.07) is 10.5. The number of aryl methyl sites for hydroxylation is 1. The van der Waals surface area contributed by atoms with Crippen LogP contribution in [-0.4, -0.2) is 36.3 Å². The van der Waals surface area contributed by atoms with Crippen LogP contribution in [0.5, 0.6) is 5.75 Å². The molecule has 0 spiro atoms. The molecule has 5 rings (SSSR count). The zero-order chi connectivity index (χ0) is 23.3. The Morgan fingerprint density at radius 3 is 2.64 bits per heavy atom. The van der Waals surface area contributed by atoms with Gasteiger partial charge in [-0.05, 0) is 94.3 Å². The number of likely N-dealkylation sites (tertiary alicyclic amines) is 1. The first-order chi connectivity index (χ1) is 16.7. The van der Waals surface area contributed by atoms with Crippen molar-refractivity contribution in [2.45, 2.75) is 58.5 Å². The number of aromatic nitrogens is 1. The van der Waals surface area contributed by atoms with Gasteiger partial charge in [0.25, 0.3) is 0 Å². The molecule has 2 aliphatic rings. The summed E-state index contributed by atoms with van der Waals surface area (Å²) in [5, 5.41) is 18.1. The van der Waals surface area contributed by atoms with E-state index in [0.29, 0.717) is 0 Å². The molecule has 1 N–H and O–H groups in total. The molecule has 196 valence electrons. The lowest BCUT2D eigenvalue weighted by Crippen LogP contribution is -2.33. The number of thiophene rings is 1. The zero-order valence-corrected chi connectivity index (χ0v) is 23.3. The van der Waals surface area contributed by atoms with Crippen molar-refractivity contribution in [3.63, 3.8) is 0 Å². The van der Waals surface area contributed by atoms with Crippen LogP contribution < -0.4 is 10.1 Å². The smallest absolute Gasteiger partial charge is 0.175 e. The lowest BCUT2D eigenvalue weighted by molar-refractivity contribution is 0.173. The second kappa shape index (κ2) is 13.6. The standard InChI is InChI=1S/C27H34N4O2S.2ClH/c1-2-29-16-24-26(32-18-20-3-4-20)10-8-23-25(30-33-27(23)24)9-5-19-11-13-31(14-12-19)17-22-7-6-21(15-28)34-22;;/h6-8,10,19-20,29H,2-5,9,11-14,16-18H2,1H3;2*1H. The summed E-state index contributed by atoms with van der Waals surface area (Å²) >= 11 is 1.62. The fourth-order valence-electron chi connectivity index (χ4n) is 4.83. The third-order valence-electron chi connectivity index (χ3n) is 7.15. The van der Waals surface area contributed by atoms with E-state index in [-0.39, 0.29) is 24.8 Å². The van der Waals surface area contributed by atoms with Crippen molar-refractivity contribution in [1.29, 1.82) is 5.26 Å². The molecule has 3 heterocycles. The van der Waals surface area contributed by atoms with Crippen molar-refractivity contribution in [3.05, 3.63) is 45.3 Å². The summed E-state index contributed by atoms with van der Waals surface area (Å²) in [7, 11) is 0. The summed E-state index contributed by atoms with van der Waals surface area (Å²) in [5.74, 6) is 2.38. The van der Waals surface area contributed by atoms with Gasteiger partial charge in [-0.15, -0.1) is 36.2 Å². The molecule has 3 aromatic rings. The summed E-state index contributed by atoms with van der Waals surface area (Å²) < 4.78 is 12.0. The molecule has 0 unspecified atom stereocenters. The number of nitrogens with one attached hydrogen (secondary N) is 1. The average molecular weight is 552 g/mol. The number of rotatable bonds is 11. The molecule has 1 aliphatic carbocycles. The number of hydrogen-bond donors (Lipinski definition) is 1. The lowest BCUT2D eigenvalue weighted by atomic mass is 9.91. The minimum absolute atomic E-state index is 0. The maximum Gasteiger partial charge on any atom is 0.175 e. The van der Waals surface area contributed by atoms with E-state index < -0.39 is 0 Å². The van der Waals surface area contributed by atoms with E-state index in [1.54, 1.807) is 11.3 Å². The van der Waals surface area contributed by atoms with Crippen molar-refractivity contribution in [3.8, 4) is 11.8 Å². The van der Waals surface area contributed by atoms with E-state index in [1.165, 1.54) is 30.6 Å². The van der Waals surface area contributed by atoms with E-state index in [2.05, 4.69) is 46.6 Å². The quantitative estimate of drug-likeness (QED) is 0.300. The number of hydrogen-bond acceptors (Lipinski definition) is 7. The number of ether oxygens (including phenoxy) is 1. The first-order valence-electron chi connectivity index (χ1n) is 12.7. The van der Waals surface area contributed by atoms with Crippen LogP contribution in [0.2, 0.25) is 0 Å². The topological polar surface area (TPSA) is 74.3 Å². The Kier molecular flexibility index (Phi) is 10.9. The van der Waals surface area contributed by atoms with E-state index in [4.69, 9.17) is 14.5 Å². The predicted molar refractivity (Wildman–Crippen MR) is 149 cm³/mol. The van der Waals surface area contributed by atoms with Gasteiger partial charge in [-0.1, -0.05) is 12.1 Å². The predicted octanol–water partition coefficient (Wildman–Crippen LogP) is 6.35. The van der Waals surface area contributed by atoms with Gasteiger partial charge < -0.3 is 14.6 Å². The Hall–Kier alpha value is -1.82. The van der Waals surface area contributed by atoms with Gasteiger partial charge in [0.1, 0.15) is 16.7 Å². The molecule has 2 aromatic heterocycles. The van der Waals surface area contributed by atoms with Gasteiger partial charge in [-0.3, -0.25) is 4.90 Å². The number of fused-ring (bicyclic) bond motifs is 1. The van der Waals surface area contributed by atoms with Crippen molar-refractivity contribution in [1.82, 2.24) is 15.4 Å². The molecule has 2 fully saturated rings. The molecule has 1 saturated carbocycles. The van der Waals surface area contributed by atoms with Gasteiger partial charge >= 0.3 is 0 Å². The molecule has 0 atom stereocenters. The highest BCUT2D eigenvalue weighted by Gasteiger charge is 2.24. The van der Waals surface area contributed by atoms with E-state index in [0.717, 1.165) is 96.9 Å². The fraction of sp³-hybridized carbons (Fsp3) is 0.556. The van der Waals surface area contributed by atoms with Crippen LogP contribution in [0, 0.1) is 23.2 Å². The number of benzene rings is 1. The molecule has 1 aliphatic heterocycles. The normalized spacial score (nSPS) is 16.3. The maximum absolute atomic E-state index is 9.03. The van der Waals surface area contributed by atoms with Crippen LogP contribution in [0.15, 0.2) is 28.8 Å². The second-order valence-corrected chi connectivity index (χ2v) is 10.9. The third-order valence-corrected chi connectivity index (χ3v) is 8.12. The molecule has 9 heteroatoms. The number of halogens is 2. The van der Waals surface area contributed by atoms with Crippen LogP contribution in [0.25, 0.3) is 11.0 Å². The average Bonchev–Trinajstić information content (AvgIpc) is 3.43. The summed E-state index contributed by atoms with van der Waals surface area (Å²) in [4.78, 5) is 4.61. The second-order valence-electron chi connectivity index (χ2n) is 9.72. The van der Waals surface area contributed by atoms with Gasteiger partial charge in [0.15, 0.2) is 5.58 Å². The first-order valence-corrected chi connectivity index (χ1v) is 13.5. The molecule has 0 amide bonds. The lowest BCUT2D eigenvalue weighted by Gasteiger charge is -2.31. The molecule has 36 heavy (non-hydrogen) atoms. The van der Waals surface area contributed by atoms with Crippen LogP contribution in [0.4, 0.5) is 0 Å². The molecule has 1 aromatic carbocycles. The van der Waals surface area contributed by atoms with Crippen LogP contribution >= 0.6 is 36.2 Å². The zero-order valence-electron chi connectivity index (χ0n) is 20.8. The molecule has 0 bridgehead atoms. The third kappa shape index (κ3) is 7.14. The highest BCUT2D eigenvalue weighted by Crippen LogP contribution is 2.34. The van der Waals surface area contributed by atoms with E-state index in [9.17, 15) is 0 Å². The Balaban J connectivity index is 0.00000180. The van der Waals surface area contributed by atoms with Gasteiger partial charge in [-0.25, -0.2) is 0 Å². The molecule has 6 nitrogen and oxygen atoms in total. The minimum Gasteiger partial charge on any atom is -0.493 e. The van der Waals surface area contributed by atoms with Crippen LogP contribution in [0.1, 0.15) is 60.0 Å². The number of piperidine rings is 1. The van der Waals surface area contributed by atoms with Gasteiger partial charge in [0.2, 0.25) is 0 Å². The Morgan fingerprint density at radius 2 is 1.94 bits per heavy atom. The van der Waals surface area contributed by atoms with Crippen molar-refractivity contribution in [2.75, 3.05) is 26.2 Å². The Labute approximate surface area is 230 Å². The molecule has 0 radical (unpaired) electrons. The molecular formula is C27H36Cl2N4O2S. The Bertz CT molecular complexity index is 1150. The van der Waals surface area contributed by atoms with Gasteiger partial charge in [-0.2, -0.15) is 5.26 Å². The van der Waals surface area contributed by atoms with E-state index >= 15 is 0 Å². The summed E-state index contributed by atoms with van der Waals surface area (Å²) in [6.45, 7) is 7.78. The van der Waals surface area contributed by atoms with Crippen molar-refractivity contribution < 1.29 is 9.26 Å². The van der Waals surface area contributed by atoms with E-state index in [1.807, 2.05) is 6.07 Å². The Morgan fingerprint density at radius 1 is 1.14 bits per heavy atom. The maximum atomic E-state index is 9.03.